The number of carbonyl (C=O) groups excluding carboxylic acids is 1. The van der Waals surface area contributed by atoms with E-state index in [1.807, 2.05) is 0 Å². The Labute approximate surface area is 69.8 Å². The Morgan fingerprint density at radius 3 is 2.42 bits per heavy atom. The standard InChI is InChI=1S/C7H11NO4/c1-2-12-7(11)4-5(8)3-6(9)10/h8H,2-4H2,1H3,(H,9,10). The second kappa shape index (κ2) is 5.29. The molecule has 0 aliphatic heterocycles. The smallest absolute Gasteiger partial charge is 0.311 e. The molecule has 0 rings (SSSR count). The van der Waals surface area contributed by atoms with Gasteiger partial charge in [0.05, 0.1) is 19.4 Å². The van der Waals surface area contributed by atoms with Crippen molar-refractivity contribution in [2.24, 2.45) is 0 Å². The van der Waals surface area contributed by atoms with Gasteiger partial charge in [0, 0.05) is 5.71 Å². The molecule has 0 atom stereocenters. The summed E-state index contributed by atoms with van der Waals surface area (Å²) in [5.74, 6) is -1.66. The van der Waals surface area contributed by atoms with Gasteiger partial charge in [0.2, 0.25) is 0 Å². The molecule has 0 aromatic carbocycles. The molecule has 2 N–H and O–H groups in total. The van der Waals surface area contributed by atoms with Crippen molar-refractivity contribution in [2.45, 2.75) is 19.8 Å². The highest BCUT2D eigenvalue weighted by Gasteiger charge is 2.09. The molecule has 0 radical (unpaired) electrons. The van der Waals surface area contributed by atoms with Crippen LogP contribution in [0.2, 0.25) is 0 Å². The van der Waals surface area contributed by atoms with E-state index in [2.05, 4.69) is 4.74 Å². The number of carboxylic acid groups (broad SMARTS) is 1. The zero-order valence-corrected chi connectivity index (χ0v) is 6.79. The normalized spacial score (nSPS) is 9.08. The van der Waals surface area contributed by atoms with Crippen LogP contribution in [0.5, 0.6) is 0 Å². The molecule has 5 heteroatoms. The molecule has 0 bridgehead atoms. The number of aliphatic carboxylic acids is 1. The predicted molar refractivity (Wildman–Crippen MR) is 41.2 cm³/mol. The van der Waals surface area contributed by atoms with Gasteiger partial charge in [-0.05, 0) is 6.92 Å². The minimum absolute atomic E-state index is 0.138. The Kier molecular flexibility index (Phi) is 4.67. The summed E-state index contributed by atoms with van der Waals surface area (Å²) in [6.45, 7) is 1.90. The molecule has 0 saturated carbocycles. The number of nitrogens with one attached hydrogen (secondary N) is 1. The Morgan fingerprint density at radius 2 is 2.00 bits per heavy atom. The van der Waals surface area contributed by atoms with Crippen LogP contribution in [0, 0.1) is 5.41 Å². The lowest BCUT2D eigenvalue weighted by atomic mass is 10.2. The van der Waals surface area contributed by atoms with Crippen molar-refractivity contribution in [3.8, 4) is 0 Å². The fourth-order valence-corrected chi connectivity index (χ4v) is 0.631. The van der Waals surface area contributed by atoms with E-state index < -0.39 is 18.4 Å². The van der Waals surface area contributed by atoms with Gasteiger partial charge in [0.1, 0.15) is 0 Å². The fraction of sp³-hybridized carbons (Fsp3) is 0.571. The highest BCUT2D eigenvalue weighted by Crippen LogP contribution is 1.93. The summed E-state index contributed by atoms with van der Waals surface area (Å²) in [5.41, 5.74) is -0.138. The van der Waals surface area contributed by atoms with Crippen LogP contribution in [-0.2, 0) is 14.3 Å². The summed E-state index contributed by atoms with van der Waals surface area (Å²) in [5, 5.41) is 15.3. The molecule has 0 fully saturated rings. The highest BCUT2D eigenvalue weighted by molar-refractivity contribution is 6.04. The minimum Gasteiger partial charge on any atom is -0.481 e. The monoisotopic (exact) mass is 173 g/mol. The summed E-state index contributed by atoms with van der Waals surface area (Å²) in [6, 6.07) is 0. The third-order valence-corrected chi connectivity index (χ3v) is 1.03. The van der Waals surface area contributed by atoms with Crippen molar-refractivity contribution >= 4 is 17.7 Å². The van der Waals surface area contributed by atoms with Gasteiger partial charge < -0.3 is 15.3 Å². The summed E-state index contributed by atoms with van der Waals surface area (Å²) in [7, 11) is 0. The first-order chi connectivity index (χ1) is 5.56. The van der Waals surface area contributed by atoms with Crippen LogP contribution < -0.4 is 0 Å². The van der Waals surface area contributed by atoms with Gasteiger partial charge in [-0.1, -0.05) is 0 Å². The SMILES string of the molecule is CCOC(=O)CC(=N)CC(=O)O. The Morgan fingerprint density at radius 1 is 1.42 bits per heavy atom. The molecular formula is C7H11NO4. The van der Waals surface area contributed by atoms with Crippen LogP contribution in [0.25, 0.3) is 0 Å². The van der Waals surface area contributed by atoms with Gasteiger partial charge >= 0.3 is 11.9 Å². The Bertz CT molecular complexity index is 200. The van der Waals surface area contributed by atoms with Crippen molar-refractivity contribution in [3.05, 3.63) is 0 Å². The molecule has 0 spiro atoms. The zero-order valence-electron chi connectivity index (χ0n) is 6.79. The largest absolute Gasteiger partial charge is 0.481 e. The second-order valence-corrected chi connectivity index (χ2v) is 2.16. The van der Waals surface area contributed by atoms with Gasteiger partial charge in [0.15, 0.2) is 0 Å². The van der Waals surface area contributed by atoms with E-state index in [-0.39, 0.29) is 18.7 Å². The second-order valence-electron chi connectivity index (χ2n) is 2.16. The van der Waals surface area contributed by atoms with Gasteiger partial charge in [-0.25, -0.2) is 0 Å². The van der Waals surface area contributed by atoms with E-state index in [9.17, 15) is 9.59 Å². The van der Waals surface area contributed by atoms with E-state index >= 15 is 0 Å². The van der Waals surface area contributed by atoms with Crippen LogP contribution in [0.4, 0.5) is 0 Å². The molecule has 0 aromatic heterocycles. The maximum atomic E-state index is 10.7. The molecule has 0 unspecified atom stereocenters. The number of esters is 1. The maximum Gasteiger partial charge on any atom is 0.311 e. The molecular weight excluding hydrogens is 162 g/mol. The lowest BCUT2D eigenvalue weighted by molar-refractivity contribution is -0.141. The van der Waals surface area contributed by atoms with E-state index in [4.69, 9.17) is 10.5 Å². The van der Waals surface area contributed by atoms with Crippen molar-refractivity contribution in [1.82, 2.24) is 0 Å². The van der Waals surface area contributed by atoms with E-state index in [0.29, 0.717) is 0 Å². The topological polar surface area (TPSA) is 87.5 Å². The lowest BCUT2D eigenvalue weighted by Crippen LogP contribution is -2.13. The van der Waals surface area contributed by atoms with Crippen LogP contribution in [0.1, 0.15) is 19.8 Å². The molecule has 12 heavy (non-hydrogen) atoms. The maximum absolute atomic E-state index is 10.7. The fourth-order valence-electron chi connectivity index (χ4n) is 0.631. The number of carboxylic acids is 1. The summed E-state index contributed by atoms with van der Waals surface area (Å²) < 4.78 is 4.52. The van der Waals surface area contributed by atoms with Crippen LogP contribution in [-0.4, -0.2) is 29.4 Å². The first-order valence-corrected chi connectivity index (χ1v) is 3.50. The quantitative estimate of drug-likeness (QED) is 0.466. The Balaban J connectivity index is 3.69. The third-order valence-electron chi connectivity index (χ3n) is 1.03. The van der Waals surface area contributed by atoms with Crippen molar-refractivity contribution < 1.29 is 19.4 Å². The Hall–Kier alpha value is -1.39. The predicted octanol–water partition coefficient (Wildman–Crippen LogP) is 0.434. The number of hydrogen-bond acceptors (Lipinski definition) is 4. The van der Waals surface area contributed by atoms with E-state index in [1.54, 1.807) is 6.92 Å². The third kappa shape index (κ3) is 5.40. The average Bonchev–Trinajstić information content (AvgIpc) is 1.84. The van der Waals surface area contributed by atoms with Crippen LogP contribution in [0.15, 0.2) is 0 Å². The molecule has 0 aliphatic carbocycles. The molecule has 68 valence electrons. The van der Waals surface area contributed by atoms with Gasteiger partial charge in [-0.15, -0.1) is 0 Å². The zero-order chi connectivity index (χ0) is 9.56. The molecule has 0 aliphatic rings. The number of ether oxygens (including phenoxy) is 1. The highest BCUT2D eigenvalue weighted by atomic mass is 16.5. The van der Waals surface area contributed by atoms with Crippen molar-refractivity contribution in [1.29, 1.82) is 5.41 Å². The molecule has 0 amide bonds. The number of hydrogen-bond donors (Lipinski definition) is 2. The molecule has 0 saturated heterocycles. The minimum atomic E-state index is -1.11. The number of rotatable bonds is 5. The molecule has 5 nitrogen and oxygen atoms in total. The first kappa shape index (κ1) is 10.6. The number of carbonyl (C=O) groups is 2. The van der Waals surface area contributed by atoms with Gasteiger partial charge in [-0.2, -0.15) is 0 Å². The first-order valence-electron chi connectivity index (χ1n) is 3.50. The average molecular weight is 173 g/mol. The van der Waals surface area contributed by atoms with Gasteiger partial charge in [0.25, 0.3) is 0 Å². The summed E-state index contributed by atoms with van der Waals surface area (Å²) in [6.07, 6.45) is -0.640. The van der Waals surface area contributed by atoms with E-state index in [1.165, 1.54) is 0 Å². The van der Waals surface area contributed by atoms with E-state index in [0.717, 1.165) is 0 Å². The van der Waals surface area contributed by atoms with Crippen LogP contribution >= 0.6 is 0 Å². The van der Waals surface area contributed by atoms with Crippen molar-refractivity contribution in [2.75, 3.05) is 6.61 Å². The van der Waals surface area contributed by atoms with Crippen molar-refractivity contribution in [3.63, 3.8) is 0 Å². The molecule has 0 aromatic rings. The lowest BCUT2D eigenvalue weighted by Gasteiger charge is -2.00. The van der Waals surface area contributed by atoms with Gasteiger partial charge in [-0.3, -0.25) is 9.59 Å². The van der Waals surface area contributed by atoms with Crippen LogP contribution in [0.3, 0.4) is 0 Å². The summed E-state index contributed by atoms with van der Waals surface area (Å²) in [4.78, 5) is 20.7. The molecule has 0 heterocycles. The summed E-state index contributed by atoms with van der Waals surface area (Å²) >= 11 is 0.